The summed E-state index contributed by atoms with van der Waals surface area (Å²) in [5.74, 6) is 0. The lowest BCUT2D eigenvalue weighted by molar-refractivity contribution is 0.196. The number of aryl methyl sites for hydroxylation is 1. The molecule has 1 aromatic heterocycles. The summed E-state index contributed by atoms with van der Waals surface area (Å²) in [6.07, 6.45) is 6.15. The van der Waals surface area contributed by atoms with E-state index in [0.717, 1.165) is 0 Å². The minimum atomic E-state index is 0.273. The number of nitrogens with zero attached hydrogens (tertiary/aromatic N) is 1. The Morgan fingerprint density at radius 2 is 1.86 bits per heavy atom. The molecule has 0 amide bonds. The summed E-state index contributed by atoms with van der Waals surface area (Å²) < 4.78 is 0. The Labute approximate surface area is 127 Å². The van der Waals surface area contributed by atoms with Gasteiger partial charge in [0.25, 0.3) is 0 Å². The van der Waals surface area contributed by atoms with Crippen LogP contribution in [0.4, 0.5) is 0 Å². The van der Waals surface area contributed by atoms with Crippen LogP contribution in [-0.2, 0) is 6.42 Å². The largest absolute Gasteiger partial charge is 0.303 e. The van der Waals surface area contributed by atoms with E-state index in [4.69, 9.17) is 0 Å². The van der Waals surface area contributed by atoms with Gasteiger partial charge in [-0.3, -0.25) is 4.98 Å². The van der Waals surface area contributed by atoms with Crippen molar-refractivity contribution in [2.24, 2.45) is 5.41 Å². The van der Waals surface area contributed by atoms with Crippen molar-refractivity contribution in [3.8, 4) is 0 Å². The number of rotatable bonds is 3. The molecule has 1 aromatic carbocycles. The van der Waals surface area contributed by atoms with Gasteiger partial charge in [0.1, 0.15) is 0 Å². The number of pyridine rings is 1. The van der Waals surface area contributed by atoms with Crippen molar-refractivity contribution >= 4 is 0 Å². The molecule has 3 rings (SSSR count). The van der Waals surface area contributed by atoms with E-state index in [2.05, 4.69) is 67.5 Å². The van der Waals surface area contributed by atoms with Gasteiger partial charge in [-0.15, -0.1) is 0 Å². The summed E-state index contributed by atoms with van der Waals surface area (Å²) in [6, 6.07) is 13.8. The summed E-state index contributed by atoms with van der Waals surface area (Å²) in [5.41, 5.74) is 4.53. The Bertz CT molecular complexity index is 604. The van der Waals surface area contributed by atoms with Crippen LogP contribution in [0.5, 0.6) is 0 Å². The average Bonchev–Trinajstić information content (AvgIpc) is 2.51. The fraction of sp³-hybridized carbons (Fsp3) is 0.421. The third-order valence-electron chi connectivity index (χ3n) is 4.81. The molecule has 1 heterocycles. The van der Waals surface area contributed by atoms with E-state index in [1.54, 1.807) is 0 Å². The lowest BCUT2D eigenvalue weighted by Gasteiger charge is -2.42. The molecule has 0 fully saturated rings. The van der Waals surface area contributed by atoms with Crippen LogP contribution in [0.15, 0.2) is 48.8 Å². The molecule has 1 aliphatic rings. The number of aromatic nitrogens is 1. The molecule has 0 radical (unpaired) electrons. The quantitative estimate of drug-likeness (QED) is 0.898. The number of fused-ring (bicyclic) bond motifs is 1. The SMILES string of the molecule is CC(NC1c2ccccc2CCC1(C)C)c1ccncc1. The molecule has 2 unspecified atom stereocenters. The normalized spacial score (nSPS) is 21.6. The highest BCUT2D eigenvalue weighted by Gasteiger charge is 2.36. The third-order valence-corrected chi connectivity index (χ3v) is 4.81. The zero-order valence-electron chi connectivity index (χ0n) is 13.1. The molecule has 2 aromatic rings. The van der Waals surface area contributed by atoms with Crippen molar-refractivity contribution in [1.82, 2.24) is 10.3 Å². The summed E-state index contributed by atoms with van der Waals surface area (Å²) in [4.78, 5) is 4.11. The van der Waals surface area contributed by atoms with Gasteiger partial charge in [0.15, 0.2) is 0 Å². The van der Waals surface area contributed by atoms with Crippen LogP contribution in [0.3, 0.4) is 0 Å². The standard InChI is InChI=1S/C19H24N2/c1-14(15-9-12-20-13-10-15)21-18-17-7-5-4-6-16(17)8-11-19(18,2)3/h4-7,9-10,12-14,18,21H,8,11H2,1-3H3. The molecule has 21 heavy (non-hydrogen) atoms. The molecule has 0 spiro atoms. The first-order chi connectivity index (χ1) is 10.1. The highest BCUT2D eigenvalue weighted by atomic mass is 15.0. The van der Waals surface area contributed by atoms with Crippen molar-refractivity contribution < 1.29 is 0 Å². The van der Waals surface area contributed by atoms with E-state index in [0.29, 0.717) is 12.1 Å². The fourth-order valence-corrected chi connectivity index (χ4v) is 3.38. The van der Waals surface area contributed by atoms with E-state index in [9.17, 15) is 0 Å². The molecular weight excluding hydrogens is 256 g/mol. The molecule has 0 saturated carbocycles. The number of nitrogens with one attached hydrogen (secondary N) is 1. The predicted octanol–water partition coefficient (Wildman–Crippen LogP) is 4.45. The number of hydrogen-bond acceptors (Lipinski definition) is 2. The summed E-state index contributed by atoms with van der Waals surface area (Å²) in [7, 11) is 0. The summed E-state index contributed by atoms with van der Waals surface area (Å²) >= 11 is 0. The smallest absolute Gasteiger partial charge is 0.0379 e. The van der Waals surface area contributed by atoms with Gasteiger partial charge in [-0.05, 0) is 54.0 Å². The highest BCUT2D eigenvalue weighted by Crippen LogP contribution is 2.44. The van der Waals surface area contributed by atoms with Gasteiger partial charge in [-0.1, -0.05) is 38.1 Å². The van der Waals surface area contributed by atoms with E-state index < -0.39 is 0 Å². The van der Waals surface area contributed by atoms with E-state index in [1.807, 2.05) is 12.4 Å². The molecule has 1 aliphatic carbocycles. The van der Waals surface area contributed by atoms with Crippen LogP contribution in [0, 0.1) is 5.41 Å². The van der Waals surface area contributed by atoms with Gasteiger partial charge in [-0.25, -0.2) is 0 Å². The van der Waals surface area contributed by atoms with Gasteiger partial charge in [0.2, 0.25) is 0 Å². The summed E-state index contributed by atoms with van der Waals surface area (Å²) in [6.45, 7) is 6.99. The summed E-state index contributed by atoms with van der Waals surface area (Å²) in [5, 5.41) is 3.85. The average molecular weight is 280 g/mol. The van der Waals surface area contributed by atoms with Crippen molar-refractivity contribution in [3.63, 3.8) is 0 Å². The Hall–Kier alpha value is -1.67. The van der Waals surface area contributed by atoms with Crippen LogP contribution in [0.2, 0.25) is 0 Å². The van der Waals surface area contributed by atoms with Gasteiger partial charge < -0.3 is 5.32 Å². The second kappa shape index (κ2) is 5.61. The topological polar surface area (TPSA) is 24.9 Å². The minimum absolute atomic E-state index is 0.273. The lowest BCUT2D eigenvalue weighted by Crippen LogP contribution is -2.39. The van der Waals surface area contributed by atoms with Crippen LogP contribution in [-0.4, -0.2) is 4.98 Å². The first-order valence-electron chi connectivity index (χ1n) is 7.82. The molecular formula is C19H24N2. The van der Waals surface area contributed by atoms with Crippen molar-refractivity contribution in [1.29, 1.82) is 0 Å². The predicted molar refractivity (Wildman–Crippen MR) is 87.1 cm³/mol. The van der Waals surface area contributed by atoms with E-state index >= 15 is 0 Å². The highest BCUT2D eigenvalue weighted by molar-refractivity contribution is 5.34. The number of hydrogen-bond donors (Lipinski definition) is 1. The molecule has 0 aliphatic heterocycles. The Morgan fingerprint density at radius 1 is 1.14 bits per heavy atom. The van der Waals surface area contributed by atoms with Gasteiger partial charge >= 0.3 is 0 Å². The minimum Gasteiger partial charge on any atom is -0.303 e. The molecule has 1 N–H and O–H groups in total. The third kappa shape index (κ3) is 2.86. The van der Waals surface area contributed by atoms with Gasteiger partial charge in [0.05, 0.1) is 0 Å². The Kier molecular flexibility index (Phi) is 3.81. The lowest BCUT2D eigenvalue weighted by atomic mass is 9.70. The molecule has 2 heteroatoms. The Morgan fingerprint density at radius 3 is 2.62 bits per heavy atom. The maximum atomic E-state index is 4.11. The van der Waals surface area contributed by atoms with E-state index in [-0.39, 0.29) is 5.41 Å². The monoisotopic (exact) mass is 280 g/mol. The van der Waals surface area contributed by atoms with Crippen LogP contribution in [0.25, 0.3) is 0 Å². The fourth-order valence-electron chi connectivity index (χ4n) is 3.38. The van der Waals surface area contributed by atoms with Crippen molar-refractivity contribution in [3.05, 3.63) is 65.5 Å². The first kappa shape index (κ1) is 14.3. The maximum Gasteiger partial charge on any atom is 0.0379 e. The number of benzene rings is 1. The second-order valence-electron chi connectivity index (χ2n) is 6.79. The van der Waals surface area contributed by atoms with Crippen molar-refractivity contribution in [2.45, 2.75) is 45.7 Å². The van der Waals surface area contributed by atoms with Crippen LogP contribution < -0.4 is 5.32 Å². The molecule has 2 atom stereocenters. The zero-order valence-corrected chi connectivity index (χ0v) is 13.1. The van der Waals surface area contributed by atoms with Crippen LogP contribution in [0.1, 0.15) is 56.0 Å². The van der Waals surface area contributed by atoms with Gasteiger partial charge in [-0.2, -0.15) is 0 Å². The zero-order chi connectivity index (χ0) is 14.9. The molecule has 110 valence electrons. The van der Waals surface area contributed by atoms with Crippen molar-refractivity contribution in [2.75, 3.05) is 0 Å². The molecule has 2 nitrogen and oxygen atoms in total. The molecule has 0 bridgehead atoms. The maximum absolute atomic E-state index is 4.11. The first-order valence-corrected chi connectivity index (χ1v) is 7.82. The second-order valence-corrected chi connectivity index (χ2v) is 6.79. The van der Waals surface area contributed by atoms with E-state index in [1.165, 1.54) is 29.5 Å². The van der Waals surface area contributed by atoms with Crippen LogP contribution >= 0.6 is 0 Å². The Balaban J connectivity index is 1.89. The molecule has 0 saturated heterocycles. The van der Waals surface area contributed by atoms with Gasteiger partial charge in [0, 0.05) is 24.5 Å².